The lowest BCUT2D eigenvalue weighted by molar-refractivity contribution is 0.690. The number of hydrogen-bond donors (Lipinski definition) is 1. The van der Waals surface area contributed by atoms with Crippen LogP contribution in [-0.2, 0) is 0 Å². The van der Waals surface area contributed by atoms with Crippen molar-refractivity contribution in [2.24, 2.45) is 0 Å². The average molecular weight is 343 g/mol. The Morgan fingerprint density at radius 2 is 2.06 bits per heavy atom. The van der Waals surface area contributed by atoms with Crippen LogP contribution in [0.3, 0.4) is 0 Å². The van der Waals surface area contributed by atoms with Gasteiger partial charge in [-0.05, 0) is 64.7 Å². The summed E-state index contributed by atoms with van der Waals surface area (Å²) in [4.78, 5) is 0. The lowest BCUT2D eigenvalue weighted by Crippen LogP contribution is -2.17. The van der Waals surface area contributed by atoms with Crippen molar-refractivity contribution in [1.82, 2.24) is 5.32 Å². The van der Waals surface area contributed by atoms with Crippen molar-refractivity contribution in [3.05, 3.63) is 55.3 Å². The molecule has 0 spiro atoms. The summed E-state index contributed by atoms with van der Waals surface area (Å²) in [5.74, 6) is 0. The molecule has 0 aliphatic heterocycles. The fourth-order valence-corrected chi connectivity index (χ4v) is 3.29. The number of nitrogens with one attached hydrogen (secondary N) is 1. The van der Waals surface area contributed by atoms with E-state index in [1.807, 2.05) is 7.05 Å². The lowest BCUT2D eigenvalue weighted by Gasteiger charge is -2.17. The average Bonchev–Trinajstić information content (AvgIpc) is 2.69. The van der Waals surface area contributed by atoms with Gasteiger partial charge in [-0.15, -0.1) is 11.3 Å². The van der Waals surface area contributed by atoms with E-state index in [4.69, 9.17) is 0 Å². The molecule has 2 aromatic rings. The number of benzene rings is 1. The van der Waals surface area contributed by atoms with Crippen molar-refractivity contribution in [2.75, 3.05) is 7.05 Å². The molecule has 0 aliphatic carbocycles. The van der Waals surface area contributed by atoms with Crippen LogP contribution in [0.4, 0.5) is 0 Å². The molecule has 1 N–H and O–H groups in total. The molecular weight excluding hydrogens is 329 g/mol. The smallest absolute Gasteiger partial charge is 0.0656 e. The molecule has 1 unspecified atom stereocenters. The van der Waals surface area contributed by atoms with E-state index in [0.717, 1.165) is 0 Å². The number of halogens is 1. The van der Waals surface area contributed by atoms with Crippen LogP contribution in [0.1, 0.15) is 22.7 Å². The predicted octanol–water partition coefficient (Wildman–Crippen LogP) is 3.97. The molecule has 0 radical (unpaired) electrons. The van der Waals surface area contributed by atoms with Crippen molar-refractivity contribution in [3.63, 3.8) is 0 Å². The highest BCUT2D eigenvalue weighted by atomic mass is 127. The highest BCUT2D eigenvalue weighted by Gasteiger charge is 2.14. The van der Waals surface area contributed by atoms with Crippen LogP contribution in [0.5, 0.6) is 0 Å². The van der Waals surface area contributed by atoms with Crippen LogP contribution >= 0.6 is 33.9 Å². The first-order valence-corrected chi connectivity index (χ1v) is 7.15. The molecule has 2 rings (SSSR count). The summed E-state index contributed by atoms with van der Waals surface area (Å²) in [6.07, 6.45) is 0. The normalized spacial score (nSPS) is 12.7. The highest BCUT2D eigenvalue weighted by Crippen LogP contribution is 2.28. The van der Waals surface area contributed by atoms with Gasteiger partial charge in [0.1, 0.15) is 0 Å². The minimum absolute atomic E-state index is 0.306. The van der Waals surface area contributed by atoms with Gasteiger partial charge in [-0.1, -0.05) is 24.3 Å². The Hall–Kier alpha value is -0.390. The zero-order valence-corrected chi connectivity index (χ0v) is 12.3. The molecule has 0 saturated carbocycles. The van der Waals surface area contributed by atoms with Gasteiger partial charge in [-0.3, -0.25) is 0 Å². The van der Waals surface area contributed by atoms with Gasteiger partial charge in [0, 0.05) is 0 Å². The summed E-state index contributed by atoms with van der Waals surface area (Å²) in [6, 6.07) is 11.1. The Balaban J connectivity index is 2.40. The predicted molar refractivity (Wildman–Crippen MR) is 79.1 cm³/mol. The number of aryl methyl sites for hydroxylation is 1. The molecule has 3 heteroatoms. The van der Waals surface area contributed by atoms with E-state index in [1.165, 1.54) is 19.6 Å². The molecule has 16 heavy (non-hydrogen) atoms. The van der Waals surface area contributed by atoms with E-state index in [2.05, 4.69) is 70.5 Å². The third-order valence-corrected chi connectivity index (χ3v) is 4.52. The third kappa shape index (κ3) is 2.47. The Morgan fingerprint density at radius 3 is 2.62 bits per heavy atom. The Kier molecular flexibility index (Phi) is 4.00. The molecule has 0 fully saturated rings. The first-order valence-electron chi connectivity index (χ1n) is 5.19. The molecule has 0 saturated heterocycles. The topological polar surface area (TPSA) is 12.0 Å². The molecule has 1 aromatic carbocycles. The van der Waals surface area contributed by atoms with Gasteiger partial charge in [-0.25, -0.2) is 0 Å². The number of rotatable bonds is 3. The summed E-state index contributed by atoms with van der Waals surface area (Å²) < 4.78 is 1.33. The first kappa shape index (κ1) is 12.1. The highest BCUT2D eigenvalue weighted by molar-refractivity contribution is 14.1. The second-order valence-electron chi connectivity index (χ2n) is 3.76. The summed E-state index contributed by atoms with van der Waals surface area (Å²) in [5, 5.41) is 5.62. The minimum Gasteiger partial charge on any atom is -0.309 e. The van der Waals surface area contributed by atoms with Gasteiger partial charge < -0.3 is 5.32 Å². The maximum Gasteiger partial charge on any atom is 0.0656 e. The van der Waals surface area contributed by atoms with Crippen molar-refractivity contribution in [3.8, 4) is 0 Å². The van der Waals surface area contributed by atoms with Gasteiger partial charge in [0.15, 0.2) is 0 Å². The van der Waals surface area contributed by atoms with E-state index in [-0.39, 0.29) is 0 Å². The quantitative estimate of drug-likeness (QED) is 0.832. The molecular formula is C13H14INS. The minimum atomic E-state index is 0.306. The summed E-state index contributed by atoms with van der Waals surface area (Å²) in [5.41, 5.74) is 4.05. The Labute approximate surface area is 114 Å². The van der Waals surface area contributed by atoms with E-state index in [9.17, 15) is 0 Å². The molecule has 84 valence electrons. The fraction of sp³-hybridized carbons (Fsp3) is 0.231. The van der Waals surface area contributed by atoms with Crippen LogP contribution in [0, 0.1) is 9.81 Å². The second kappa shape index (κ2) is 5.29. The summed E-state index contributed by atoms with van der Waals surface area (Å²) in [6.45, 7) is 2.16. The van der Waals surface area contributed by atoms with Crippen LogP contribution in [-0.4, -0.2) is 7.05 Å². The van der Waals surface area contributed by atoms with Gasteiger partial charge in [0.2, 0.25) is 0 Å². The van der Waals surface area contributed by atoms with E-state index in [1.54, 1.807) is 11.3 Å². The summed E-state index contributed by atoms with van der Waals surface area (Å²) in [7, 11) is 2.02. The largest absolute Gasteiger partial charge is 0.309 e. The number of thiophene rings is 1. The third-order valence-electron chi connectivity index (χ3n) is 2.71. The molecule has 1 aromatic heterocycles. The molecule has 0 aliphatic rings. The van der Waals surface area contributed by atoms with Gasteiger partial charge in [0.25, 0.3) is 0 Å². The maximum absolute atomic E-state index is 3.39. The van der Waals surface area contributed by atoms with E-state index in [0.29, 0.717) is 6.04 Å². The van der Waals surface area contributed by atoms with Crippen LogP contribution in [0.2, 0.25) is 0 Å². The maximum atomic E-state index is 3.39. The fourth-order valence-electron chi connectivity index (χ4n) is 1.89. The van der Waals surface area contributed by atoms with Crippen molar-refractivity contribution in [1.29, 1.82) is 0 Å². The molecule has 1 nitrogen and oxygen atoms in total. The Bertz CT molecular complexity index is 478. The number of hydrogen-bond acceptors (Lipinski definition) is 2. The lowest BCUT2D eigenvalue weighted by atomic mass is 9.97. The van der Waals surface area contributed by atoms with Crippen molar-refractivity contribution >= 4 is 33.9 Å². The second-order valence-corrected chi connectivity index (χ2v) is 6.57. The summed E-state index contributed by atoms with van der Waals surface area (Å²) >= 11 is 4.16. The van der Waals surface area contributed by atoms with Crippen molar-refractivity contribution < 1.29 is 0 Å². The standard InChI is InChI=1S/C13H14INS/c1-9-5-3-4-6-11(9)13(15-2)10-7-12(14)16-8-10/h3-8,13,15H,1-2H3. The van der Waals surface area contributed by atoms with Gasteiger partial charge >= 0.3 is 0 Å². The SMILES string of the molecule is CNC(c1csc(I)c1)c1ccccc1C. The molecule has 0 bridgehead atoms. The van der Waals surface area contributed by atoms with E-state index < -0.39 is 0 Å². The van der Waals surface area contributed by atoms with Gasteiger partial charge in [-0.2, -0.15) is 0 Å². The van der Waals surface area contributed by atoms with Crippen LogP contribution < -0.4 is 5.32 Å². The first-order chi connectivity index (χ1) is 7.72. The van der Waals surface area contributed by atoms with Crippen molar-refractivity contribution in [2.45, 2.75) is 13.0 Å². The zero-order valence-electron chi connectivity index (χ0n) is 9.33. The zero-order chi connectivity index (χ0) is 11.5. The molecule has 1 atom stereocenters. The van der Waals surface area contributed by atoms with Gasteiger partial charge in [0.05, 0.1) is 8.93 Å². The Morgan fingerprint density at radius 1 is 1.31 bits per heavy atom. The molecule has 0 amide bonds. The van der Waals surface area contributed by atoms with Crippen LogP contribution in [0.25, 0.3) is 0 Å². The van der Waals surface area contributed by atoms with E-state index >= 15 is 0 Å². The van der Waals surface area contributed by atoms with Crippen LogP contribution in [0.15, 0.2) is 35.7 Å². The molecule has 1 heterocycles. The monoisotopic (exact) mass is 343 g/mol.